The lowest BCUT2D eigenvalue weighted by molar-refractivity contribution is -0.138. The van der Waals surface area contributed by atoms with Crippen molar-refractivity contribution in [3.63, 3.8) is 0 Å². The van der Waals surface area contributed by atoms with Gasteiger partial charge in [-0.2, -0.15) is 18.2 Å². The molecule has 4 aromatic rings. The van der Waals surface area contributed by atoms with Crippen LogP contribution in [0.4, 0.5) is 47.8 Å². The molecule has 1 atom stereocenters. The number of anilines is 6. The number of amides is 5. The van der Waals surface area contributed by atoms with E-state index in [1.54, 1.807) is 36.4 Å². The summed E-state index contributed by atoms with van der Waals surface area (Å²) in [5.41, 5.74) is 1.61. The van der Waals surface area contributed by atoms with Crippen LogP contribution in [0, 0.1) is 0 Å². The number of nitrogens with zero attached hydrogens (tertiary/aromatic N) is 7. The summed E-state index contributed by atoms with van der Waals surface area (Å²) in [6.45, 7) is 4.77. The highest BCUT2D eigenvalue weighted by atomic mass is 32.2. The van der Waals surface area contributed by atoms with Crippen LogP contribution in [0.15, 0.2) is 67.0 Å². The summed E-state index contributed by atoms with van der Waals surface area (Å²) in [6, 6.07) is 14.4. The van der Waals surface area contributed by atoms with Crippen LogP contribution in [0.5, 0.6) is 0 Å². The highest BCUT2D eigenvalue weighted by Gasteiger charge is 2.45. The number of rotatable bonds is 20. The molecule has 0 radical (unpaired) electrons. The fourth-order valence-electron chi connectivity index (χ4n) is 8.21. The second kappa shape index (κ2) is 21.4. The van der Waals surface area contributed by atoms with E-state index in [-0.39, 0.29) is 48.2 Å². The summed E-state index contributed by atoms with van der Waals surface area (Å²) in [5, 5.41) is 13.9. The Kier molecular flexibility index (Phi) is 15.4. The van der Waals surface area contributed by atoms with Crippen LogP contribution in [0.3, 0.4) is 0 Å². The number of piperidine rings is 1. The molecule has 5 heterocycles. The minimum atomic E-state index is -4.76. The molecule has 68 heavy (non-hydrogen) atoms. The summed E-state index contributed by atoms with van der Waals surface area (Å²) >= 11 is 0. The van der Waals surface area contributed by atoms with Crippen LogP contribution >= 0.6 is 0 Å². The number of sulfonamides is 1. The van der Waals surface area contributed by atoms with Crippen molar-refractivity contribution < 1.29 is 45.6 Å². The summed E-state index contributed by atoms with van der Waals surface area (Å²) in [6.07, 6.45) is 2.48. The van der Waals surface area contributed by atoms with Crippen molar-refractivity contribution in [1.82, 2.24) is 35.4 Å². The maximum atomic E-state index is 13.9. The van der Waals surface area contributed by atoms with Crippen molar-refractivity contribution in [2.45, 2.75) is 63.7 Å². The number of fused-ring (bicyclic) bond motifs is 1. The molecule has 0 aliphatic carbocycles. The predicted octanol–water partition coefficient (Wildman–Crippen LogP) is 4.34. The van der Waals surface area contributed by atoms with E-state index in [4.69, 9.17) is 0 Å². The molecule has 7 rings (SSSR count). The van der Waals surface area contributed by atoms with Gasteiger partial charge in [-0.05, 0) is 68.3 Å². The van der Waals surface area contributed by atoms with Gasteiger partial charge in [0.05, 0.1) is 17.4 Å². The molecule has 2 aromatic carbocycles. The molecule has 19 nitrogen and oxygen atoms in total. The number of halogens is 3. The second-order valence-corrected chi connectivity index (χ2v) is 18.7. The molecule has 5 N–H and O–H groups in total. The molecule has 2 aromatic heterocycles. The third-order valence-corrected chi connectivity index (χ3v) is 13.1. The number of carbonyl (C=O) groups excluding carboxylic acids is 5. The molecule has 23 heteroatoms. The number of hydrogen-bond donors (Lipinski definition) is 5. The number of benzene rings is 2. The molecule has 3 aliphatic heterocycles. The number of imide groups is 2. The van der Waals surface area contributed by atoms with Crippen LogP contribution < -0.4 is 35.8 Å². The van der Waals surface area contributed by atoms with Crippen LogP contribution in [0.1, 0.15) is 76.8 Å². The molecule has 2 saturated heterocycles. The first kappa shape index (κ1) is 49.0. The van der Waals surface area contributed by atoms with Crippen molar-refractivity contribution in [3.05, 3.63) is 89.2 Å². The lowest BCUT2D eigenvalue weighted by atomic mass is 10.0. The van der Waals surface area contributed by atoms with Gasteiger partial charge in [0.25, 0.3) is 11.8 Å². The maximum absolute atomic E-state index is 13.9. The van der Waals surface area contributed by atoms with E-state index in [1.807, 2.05) is 12.1 Å². The minimum absolute atomic E-state index is 0.0354. The number of aromatic nitrogens is 3. The Morgan fingerprint density at radius 1 is 0.897 bits per heavy atom. The van der Waals surface area contributed by atoms with Crippen molar-refractivity contribution in [2.24, 2.45) is 0 Å². The molecule has 0 bridgehead atoms. The van der Waals surface area contributed by atoms with Gasteiger partial charge in [0, 0.05) is 101 Å². The maximum Gasteiger partial charge on any atom is 0.421 e. The van der Waals surface area contributed by atoms with E-state index in [0.717, 1.165) is 79.6 Å². The first-order chi connectivity index (χ1) is 32.5. The quantitative estimate of drug-likeness (QED) is 0.0613. The molecule has 362 valence electrons. The Balaban J connectivity index is 0.782. The monoisotopic (exact) mass is 962 g/mol. The van der Waals surface area contributed by atoms with Gasteiger partial charge in [0.2, 0.25) is 33.7 Å². The largest absolute Gasteiger partial charge is 0.421 e. The Bertz CT molecular complexity index is 2630. The molecule has 3 aliphatic rings. The van der Waals surface area contributed by atoms with Crippen LogP contribution in [0.2, 0.25) is 0 Å². The van der Waals surface area contributed by atoms with Crippen molar-refractivity contribution in [1.29, 1.82) is 0 Å². The number of nitrogens with one attached hydrogen (secondary N) is 5. The highest BCUT2D eigenvalue weighted by molar-refractivity contribution is 7.92. The van der Waals surface area contributed by atoms with E-state index in [0.29, 0.717) is 42.6 Å². The first-order valence-corrected chi connectivity index (χ1v) is 24.1. The van der Waals surface area contributed by atoms with Crippen molar-refractivity contribution >= 4 is 74.2 Å². The van der Waals surface area contributed by atoms with Crippen LogP contribution in [-0.4, -0.2) is 128 Å². The van der Waals surface area contributed by atoms with Gasteiger partial charge >= 0.3 is 6.18 Å². The molecule has 0 saturated carbocycles. The minimum Gasteiger partial charge on any atom is -0.383 e. The summed E-state index contributed by atoms with van der Waals surface area (Å²) < 4.78 is 67.0. The first-order valence-electron chi connectivity index (χ1n) is 22.2. The average molecular weight is 963 g/mol. The smallest absolute Gasteiger partial charge is 0.383 e. The molecule has 0 spiro atoms. The molecule has 1 unspecified atom stereocenters. The Morgan fingerprint density at radius 3 is 2.37 bits per heavy atom. The van der Waals surface area contributed by atoms with Crippen LogP contribution in [0.25, 0.3) is 0 Å². The van der Waals surface area contributed by atoms with E-state index >= 15 is 0 Å². The number of unbranched alkanes of at least 4 members (excludes halogenated alkanes) is 3. The van der Waals surface area contributed by atoms with Gasteiger partial charge in [-0.1, -0.05) is 25.0 Å². The van der Waals surface area contributed by atoms with Gasteiger partial charge in [0.1, 0.15) is 23.2 Å². The third-order valence-electron chi connectivity index (χ3n) is 11.9. The fourth-order valence-corrected chi connectivity index (χ4v) is 8.69. The topological polar surface area (TPSA) is 231 Å². The number of hydrogen-bond acceptors (Lipinski definition) is 15. The van der Waals surface area contributed by atoms with Crippen molar-refractivity contribution in [2.75, 3.05) is 84.3 Å². The molecular formula is C45H53F3N12O7S. The van der Waals surface area contributed by atoms with Crippen molar-refractivity contribution in [3.8, 4) is 0 Å². The predicted molar refractivity (Wildman–Crippen MR) is 248 cm³/mol. The number of piperazine rings is 1. The molecule has 5 amide bonds. The summed E-state index contributed by atoms with van der Waals surface area (Å²) in [5.74, 6) is -2.85. The lowest BCUT2D eigenvalue weighted by Crippen LogP contribution is -2.54. The number of alkyl halides is 3. The Labute approximate surface area is 391 Å². The van der Waals surface area contributed by atoms with Gasteiger partial charge in [-0.15, -0.1) is 0 Å². The average Bonchev–Trinajstić information content (AvgIpc) is 3.56. The third kappa shape index (κ3) is 12.0. The summed E-state index contributed by atoms with van der Waals surface area (Å²) in [7, 11) is -2.37. The van der Waals surface area contributed by atoms with E-state index in [2.05, 4.69) is 51.3 Å². The SMILES string of the molecule is CN(c1ncccc1CNc1nc(Nc2ccc(N3CCN(CCCCCCC(=O)NCCNc4cccc5c4C(=O)N(C4CCC(=O)NC4=O)C5=O)CC3)cc2)ncc1C(F)(F)F)S(C)(=O)=O. The normalized spacial score (nSPS) is 16.6. The summed E-state index contributed by atoms with van der Waals surface area (Å²) in [4.78, 5) is 80.6. The highest BCUT2D eigenvalue weighted by Crippen LogP contribution is 2.35. The van der Waals surface area contributed by atoms with E-state index < -0.39 is 57.3 Å². The Hall–Kier alpha value is -6.88. The fraction of sp³-hybridized carbons (Fsp3) is 0.422. The van der Waals surface area contributed by atoms with E-state index in [1.165, 1.54) is 19.3 Å². The van der Waals surface area contributed by atoms with Gasteiger partial charge in [0.15, 0.2) is 0 Å². The zero-order valence-electron chi connectivity index (χ0n) is 37.6. The standard InChI is InChI=1S/C45H53F3N12O7S/c1-57(68(2,66)67)40-29(9-8-19-51-40)27-52-39-33(45(46,47)48)28-53-44(56-39)54-30-13-15-31(16-14-30)59-25-23-58(24-26-59)22-6-4-3-5-12-36(61)50-21-20-49-34-11-7-10-32-38(34)43(65)60(42(32)64)35-17-18-37(62)55-41(35)63/h7-11,13-16,19,28,35,49H,3-6,12,17-18,20-27H2,1-2H3,(H,50,61)(H,55,62,63)(H2,52,53,54,56). The zero-order valence-corrected chi connectivity index (χ0v) is 38.4. The Morgan fingerprint density at radius 2 is 1.65 bits per heavy atom. The number of pyridine rings is 1. The van der Waals surface area contributed by atoms with Gasteiger partial charge in [-0.25, -0.2) is 18.4 Å². The van der Waals surface area contributed by atoms with Gasteiger partial charge in [-0.3, -0.25) is 43.4 Å². The van der Waals surface area contributed by atoms with Crippen LogP contribution in [-0.2, 0) is 37.1 Å². The second-order valence-electron chi connectivity index (χ2n) is 16.6. The zero-order chi connectivity index (χ0) is 48.6. The van der Waals surface area contributed by atoms with E-state index in [9.17, 15) is 45.6 Å². The lowest BCUT2D eigenvalue weighted by Gasteiger charge is -2.36. The molecule has 2 fully saturated rings. The van der Waals surface area contributed by atoms with Gasteiger partial charge < -0.3 is 26.2 Å². The molecular weight excluding hydrogens is 910 g/mol. The number of carbonyl (C=O) groups is 5.